The summed E-state index contributed by atoms with van der Waals surface area (Å²) >= 11 is 0. The van der Waals surface area contributed by atoms with Crippen molar-refractivity contribution in [2.45, 2.75) is 51.4 Å². The van der Waals surface area contributed by atoms with Crippen molar-refractivity contribution in [2.75, 3.05) is 19.6 Å². The number of halogens is 3. The third kappa shape index (κ3) is 5.98. The molecule has 0 aromatic heterocycles. The van der Waals surface area contributed by atoms with Crippen molar-refractivity contribution >= 4 is 12.0 Å². The highest BCUT2D eigenvalue weighted by Crippen LogP contribution is 2.29. The number of hydrogen-bond acceptors (Lipinski definition) is 4. The van der Waals surface area contributed by atoms with E-state index >= 15 is 0 Å². The van der Waals surface area contributed by atoms with Gasteiger partial charge in [-0.15, -0.1) is 0 Å². The van der Waals surface area contributed by atoms with Crippen LogP contribution in [0.15, 0.2) is 23.9 Å². The lowest BCUT2D eigenvalue weighted by Gasteiger charge is -2.40. The quantitative estimate of drug-likeness (QED) is 0.779. The van der Waals surface area contributed by atoms with Gasteiger partial charge in [0, 0.05) is 5.70 Å². The predicted molar refractivity (Wildman–Crippen MR) is 93.7 cm³/mol. The van der Waals surface area contributed by atoms with Crippen LogP contribution in [0.4, 0.5) is 18.0 Å². The number of carbonyl (C=O) groups is 2. The minimum Gasteiger partial charge on any atom is -0.443 e. The number of carbonyl (C=O) groups excluding carboxylic acids is 2. The largest absolute Gasteiger partial charge is 0.471 e. The summed E-state index contributed by atoms with van der Waals surface area (Å²) in [6, 6.07) is -0.329. The molecule has 2 N–H and O–H groups in total. The Hall–Kier alpha value is -2.03. The van der Waals surface area contributed by atoms with Gasteiger partial charge in [-0.25, -0.2) is 4.79 Å². The van der Waals surface area contributed by atoms with Gasteiger partial charge in [0.1, 0.15) is 5.60 Å². The Labute approximate surface area is 156 Å². The monoisotopic (exact) mass is 389 g/mol. The van der Waals surface area contributed by atoms with Gasteiger partial charge in [0.25, 0.3) is 0 Å². The first-order valence-corrected chi connectivity index (χ1v) is 8.94. The van der Waals surface area contributed by atoms with E-state index < -0.39 is 30.3 Å². The smallest absolute Gasteiger partial charge is 0.443 e. The number of piperidine rings is 1. The first-order valence-electron chi connectivity index (χ1n) is 8.94. The molecule has 27 heavy (non-hydrogen) atoms. The van der Waals surface area contributed by atoms with Crippen LogP contribution >= 0.6 is 0 Å². The van der Waals surface area contributed by atoms with E-state index in [0.717, 1.165) is 25.9 Å². The molecular formula is C18H26F3N3O3. The maximum Gasteiger partial charge on any atom is 0.471 e. The Morgan fingerprint density at radius 2 is 1.89 bits per heavy atom. The van der Waals surface area contributed by atoms with E-state index in [0.29, 0.717) is 0 Å². The van der Waals surface area contributed by atoms with Crippen molar-refractivity contribution < 1.29 is 27.5 Å². The second-order valence-electron chi connectivity index (χ2n) is 7.65. The van der Waals surface area contributed by atoms with Crippen molar-refractivity contribution in [3.05, 3.63) is 23.9 Å². The molecule has 2 amide bonds. The van der Waals surface area contributed by atoms with Crippen molar-refractivity contribution in [3.63, 3.8) is 0 Å². The number of alkyl halides is 3. The molecular weight excluding hydrogens is 363 g/mol. The molecule has 1 saturated heterocycles. The number of ether oxygens (including phenoxy) is 1. The Bertz CT molecular complexity index is 618. The maximum absolute atomic E-state index is 12.8. The summed E-state index contributed by atoms with van der Waals surface area (Å²) in [4.78, 5) is 25.3. The Kier molecular flexibility index (Phi) is 6.56. The minimum atomic E-state index is -4.98. The minimum absolute atomic E-state index is 0.150. The molecule has 1 unspecified atom stereocenters. The molecule has 2 rings (SSSR count). The van der Waals surface area contributed by atoms with Crippen molar-refractivity contribution in [1.29, 1.82) is 0 Å². The van der Waals surface area contributed by atoms with Crippen LogP contribution in [0.2, 0.25) is 0 Å². The van der Waals surface area contributed by atoms with Gasteiger partial charge in [-0.3, -0.25) is 9.69 Å². The molecule has 2 aliphatic heterocycles. The van der Waals surface area contributed by atoms with Gasteiger partial charge in [0.05, 0.1) is 12.6 Å². The van der Waals surface area contributed by atoms with E-state index in [2.05, 4.69) is 5.32 Å². The van der Waals surface area contributed by atoms with E-state index in [1.54, 1.807) is 26.8 Å². The molecule has 0 radical (unpaired) electrons. The van der Waals surface area contributed by atoms with E-state index in [1.165, 1.54) is 11.0 Å². The summed E-state index contributed by atoms with van der Waals surface area (Å²) in [5, 5.41) is 5.08. The number of allylic oxidation sites excluding steroid dienone is 2. The van der Waals surface area contributed by atoms with Gasteiger partial charge in [-0.05, 0) is 58.7 Å². The molecule has 2 aliphatic rings. The molecule has 1 atom stereocenters. The summed E-state index contributed by atoms with van der Waals surface area (Å²) in [5.41, 5.74) is -0.482. The van der Waals surface area contributed by atoms with Gasteiger partial charge < -0.3 is 15.4 Å². The summed E-state index contributed by atoms with van der Waals surface area (Å²) in [5.74, 6) is -1.89. The van der Waals surface area contributed by atoms with E-state index in [-0.39, 0.29) is 17.7 Å². The van der Waals surface area contributed by atoms with E-state index in [4.69, 9.17) is 4.74 Å². The van der Waals surface area contributed by atoms with Crippen LogP contribution in [0.3, 0.4) is 0 Å². The van der Waals surface area contributed by atoms with Crippen LogP contribution in [-0.4, -0.2) is 54.4 Å². The maximum atomic E-state index is 12.8. The molecule has 0 bridgehead atoms. The lowest BCUT2D eigenvalue weighted by Crippen LogP contribution is -2.50. The third-order valence-corrected chi connectivity index (χ3v) is 4.35. The van der Waals surface area contributed by atoms with Crippen LogP contribution in [0.1, 0.15) is 33.6 Å². The molecule has 6 nitrogen and oxygen atoms in total. The molecule has 152 valence electrons. The lowest BCUT2D eigenvalue weighted by atomic mass is 9.87. The van der Waals surface area contributed by atoms with Crippen LogP contribution in [0, 0.1) is 5.92 Å². The highest BCUT2D eigenvalue weighted by atomic mass is 19.4. The predicted octanol–water partition coefficient (Wildman–Crippen LogP) is 2.72. The SMILES string of the molecule is CC(C)(C)OC(=O)N1C(CNC(=O)C(F)(F)F)=CC=CC1C1CCNCC1. The van der Waals surface area contributed by atoms with Gasteiger partial charge in [-0.2, -0.15) is 13.2 Å². The fourth-order valence-corrected chi connectivity index (χ4v) is 3.16. The zero-order chi connectivity index (χ0) is 20.2. The Balaban J connectivity index is 2.20. The highest BCUT2D eigenvalue weighted by molar-refractivity contribution is 5.82. The molecule has 0 aromatic rings. The Morgan fingerprint density at radius 1 is 1.26 bits per heavy atom. The fourth-order valence-electron chi connectivity index (χ4n) is 3.16. The van der Waals surface area contributed by atoms with E-state index in [9.17, 15) is 22.8 Å². The van der Waals surface area contributed by atoms with Gasteiger partial charge in [0.15, 0.2) is 0 Å². The molecule has 2 heterocycles. The highest BCUT2D eigenvalue weighted by Gasteiger charge is 2.40. The summed E-state index contributed by atoms with van der Waals surface area (Å²) in [6.45, 7) is 6.36. The topological polar surface area (TPSA) is 70.7 Å². The van der Waals surface area contributed by atoms with Gasteiger partial charge in [0.2, 0.25) is 0 Å². The number of rotatable bonds is 3. The first kappa shape index (κ1) is 21.3. The van der Waals surface area contributed by atoms with Crippen LogP contribution in [-0.2, 0) is 9.53 Å². The van der Waals surface area contributed by atoms with Crippen molar-refractivity contribution in [3.8, 4) is 0 Å². The number of amides is 2. The van der Waals surface area contributed by atoms with Crippen molar-refractivity contribution in [1.82, 2.24) is 15.5 Å². The standard InChI is InChI=1S/C18H26F3N3O3/c1-17(2,3)27-16(26)24-13(11-23-15(25)18(19,20)21)5-4-6-14(24)12-7-9-22-10-8-12/h4-6,12,14,22H,7-11H2,1-3H3,(H,23,25). The van der Waals surface area contributed by atoms with Crippen LogP contribution in [0.25, 0.3) is 0 Å². The summed E-state index contributed by atoms with van der Waals surface area (Å²) in [6.07, 6.45) is 1.14. The molecule has 0 aliphatic carbocycles. The number of nitrogens with zero attached hydrogens (tertiary/aromatic N) is 1. The first-order chi connectivity index (χ1) is 12.5. The average Bonchev–Trinajstić information content (AvgIpc) is 2.57. The van der Waals surface area contributed by atoms with E-state index in [1.807, 2.05) is 11.4 Å². The molecule has 0 saturated carbocycles. The van der Waals surface area contributed by atoms with Gasteiger partial charge in [-0.1, -0.05) is 12.2 Å². The zero-order valence-electron chi connectivity index (χ0n) is 15.7. The lowest BCUT2D eigenvalue weighted by molar-refractivity contribution is -0.173. The zero-order valence-corrected chi connectivity index (χ0v) is 15.7. The number of nitrogens with one attached hydrogen (secondary N) is 2. The molecule has 1 fully saturated rings. The molecule has 0 spiro atoms. The molecule has 0 aromatic carbocycles. The number of hydrogen-bond donors (Lipinski definition) is 2. The second kappa shape index (κ2) is 8.33. The summed E-state index contributed by atoms with van der Waals surface area (Å²) < 4.78 is 42.9. The Morgan fingerprint density at radius 3 is 2.44 bits per heavy atom. The fraction of sp³-hybridized carbons (Fsp3) is 0.667. The van der Waals surface area contributed by atoms with Gasteiger partial charge >= 0.3 is 18.2 Å². The normalized spacial score (nSPS) is 21.6. The summed E-state index contributed by atoms with van der Waals surface area (Å²) in [7, 11) is 0. The average molecular weight is 389 g/mol. The molecule has 9 heteroatoms. The van der Waals surface area contributed by atoms with Crippen LogP contribution < -0.4 is 10.6 Å². The second-order valence-corrected chi connectivity index (χ2v) is 7.65. The third-order valence-electron chi connectivity index (χ3n) is 4.35. The van der Waals surface area contributed by atoms with Crippen molar-refractivity contribution in [2.24, 2.45) is 5.92 Å². The van der Waals surface area contributed by atoms with Crippen LogP contribution in [0.5, 0.6) is 0 Å².